The molecule has 0 atom stereocenters. The van der Waals surface area contributed by atoms with Gasteiger partial charge in [0, 0.05) is 33.2 Å². The third-order valence-electron chi connectivity index (χ3n) is 12.2. The predicted octanol–water partition coefficient (Wildman–Crippen LogP) is 14.5. The van der Waals surface area contributed by atoms with Gasteiger partial charge in [0.15, 0.2) is 0 Å². The predicted molar refractivity (Wildman–Crippen MR) is 254 cm³/mol. The lowest BCUT2D eigenvalue weighted by Gasteiger charge is -2.31. The highest BCUT2D eigenvalue weighted by Gasteiger charge is 2.39. The Morgan fingerprint density at radius 3 is 1.59 bits per heavy atom. The minimum atomic E-state index is -1.55. The normalized spacial score (nSPS) is 13.4. The topological polar surface area (TPSA) is 6.48 Å². The summed E-state index contributed by atoms with van der Waals surface area (Å²) < 4.78 is 16.1. The van der Waals surface area contributed by atoms with Crippen LogP contribution in [-0.2, 0) is 5.41 Å². The highest BCUT2D eigenvalue weighted by atomic mass is 28.3. The van der Waals surface area contributed by atoms with E-state index in [1.165, 1.54) is 48.8 Å². The molecule has 9 rings (SSSR count). The molecule has 0 amide bonds. The standard InChI is InChI=1S/C53H51FN2Si2/c1-53(2)46-34-39(55(37-24-29-40(30-25-37)57(3,4)5)49-23-15-17-36-16-9-10-18-42(36)49)28-33-45(46)52-44-20-12-11-19-43(44)51(35-47(52)53)56(50-22-14-13-21-48(50)54)38-26-31-41(32-27-38)58(6,7)8/h9-35H,1-8H3. The van der Waals surface area contributed by atoms with Crippen molar-refractivity contribution in [3.63, 3.8) is 0 Å². The van der Waals surface area contributed by atoms with Crippen molar-refractivity contribution < 1.29 is 4.39 Å². The van der Waals surface area contributed by atoms with Crippen LogP contribution >= 0.6 is 0 Å². The maximum absolute atomic E-state index is 16.1. The van der Waals surface area contributed by atoms with Crippen LogP contribution < -0.4 is 20.2 Å². The van der Waals surface area contributed by atoms with E-state index in [4.69, 9.17) is 0 Å². The summed E-state index contributed by atoms with van der Waals surface area (Å²) in [6, 6.07) is 58.6. The molecule has 2 nitrogen and oxygen atoms in total. The number of hydrogen-bond acceptors (Lipinski definition) is 2. The van der Waals surface area contributed by atoms with E-state index in [0.717, 1.165) is 33.8 Å². The summed E-state index contributed by atoms with van der Waals surface area (Å²) in [6.45, 7) is 19.0. The molecule has 0 N–H and O–H groups in total. The molecule has 0 bridgehead atoms. The lowest BCUT2D eigenvalue weighted by atomic mass is 9.81. The molecule has 8 aromatic carbocycles. The lowest BCUT2D eigenvalue weighted by molar-refractivity contribution is 0.629. The van der Waals surface area contributed by atoms with Gasteiger partial charge in [-0.25, -0.2) is 4.39 Å². The average Bonchev–Trinajstić information content (AvgIpc) is 3.44. The van der Waals surface area contributed by atoms with E-state index in [1.54, 1.807) is 12.1 Å². The number of hydrogen-bond donors (Lipinski definition) is 0. The van der Waals surface area contributed by atoms with Crippen molar-refractivity contribution in [2.45, 2.75) is 58.5 Å². The van der Waals surface area contributed by atoms with Crippen molar-refractivity contribution in [1.82, 2.24) is 0 Å². The van der Waals surface area contributed by atoms with Gasteiger partial charge < -0.3 is 9.80 Å². The van der Waals surface area contributed by atoms with Gasteiger partial charge in [-0.3, -0.25) is 0 Å². The Bertz CT molecular complexity index is 2840. The Labute approximate surface area is 345 Å². The second-order valence-corrected chi connectivity index (χ2v) is 28.6. The fourth-order valence-electron chi connectivity index (χ4n) is 8.97. The maximum Gasteiger partial charge on any atom is 0.147 e. The van der Waals surface area contributed by atoms with E-state index in [9.17, 15) is 0 Å². The molecule has 1 aliphatic rings. The lowest BCUT2D eigenvalue weighted by Crippen LogP contribution is -2.37. The molecule has 288 valence electrons. The summed E-state index contributed by atoms with van der Waals surface area (Å²) in [7, 11) is -3.04. The molecule has 5 heteroatoms. The first kappa shape index (κ1) is 37.8. The van der Waals surface area contributed by atoms with E-state index >= 15 is 4.39 Å². The van der Waals surface area contributed by atoms with Crippen LogP contribution in [0.3, 0.4) is 0 Å². The largest absolute Gasteiger partial charge is 0.310 e. The Hall–Kier alpha value is -5.76. The SMILES string of the molecule is CC1(C)c2cc(N(c3ccc([Si](C)(C)C)cc3)c3cccc4ccccc34)ccc2-c2c1cc(N(c1ccc([Si](C)(C)C)cc1)c1ccccc1F)c1ccccc21. The van der Waals surface area contributed by atoms with Crippen molar-refractivity contribution in [3.8, 4) is 11.1 Å². The zero-order chi connectivity index (χ0) is 40.6. The molecule has 0 saturated heterocycles. The van der Waals surface area contributed by atoms with E-state index in [1.807, 2.05) is 12.1 Å². The van der Waals surface area contributed by atoms with E-state index in [2.05, 4.69) is 202 Å². The van der Waals surface area contributed by atoms with Crippen LogP contribution in [-0.4, -0.2) is 16.1 Å². The number of rotatable bonds is 8. The second-order valence-electron chi connectivity index (χ2n) is 18.4. The van der Waals surface area contributed by atoms with E-state index in [0.29, 0.717) is 5.69 Å². The van der Waals surface area contributed by atoms with E-state index in [-0.39, 0.29) is 11.2 Å². The number of fused-ring (bicyclic) bond motifs is 6. The van der Waals surface area contributed by atoms with Crippen LogP contribution in [0.1, 0.15) is 25.0 Å². The van der Waals surface area contributed by atoms with Crippen LogP contribution in [0.5, 0.6) is 0 Å². The highest BCUT2D eigenvalue weighted by molar-refractivity contribution is 6.89. The van der Waals surface area contributed by atoms with E-state index < -0.39 is 16.1 Å². The van der Waals surface area contributed by atoms with Crippen molar-refractivity contribution >= 4 is 82.2 Å². The van der Waals surface area contributed by atoms with Crippen LogP contribution in [0, 0.1) is 5.82 Å². The van der Waals surface area contributed by atoms with Gasteiger partial charge in [0.2, 0.25) is 0 Å². The van der Waals surface area contributed by atoms with Crippen molar-refractivity contribution in [2.75, 3.05) is 9.80 Å². The molecule has 0 unspecified atom stereocenters. The molecule has 8 aromatic rings. The fraction of sp³-hybridized carbons (Fsp3) is 0.170. The van der Waals surface area contributed by atoms with Gasteiger partial charge in [0.1, 0.15) is 5.82 Å². The third kappa shape index (κ3) is 6.38. The average molecular weight is 791 g/mol. The fourth-order valence-corrected chi connectivity index (χ4v) is 11.3. The summed E-state index contributed by atoms with van der Waals surface area (Å²) in [5, 5.41) is 7.50. The minimum Gasteiger partial charge on any atom is -0.310 e. The zero-order valence-corrected chi connectivity index (χ0v) is 36.9. The zero-order valence-electron chi connectivity index (χ0n) is 34.9. The Kier molecular flexibility index (Phi) is 9.10. The monoisotopic (exact) mass is 790 g/mol. The van der Waals surface area contributed by atoms with Gasteiger partial charge in [-0.15, -0.1) is 0 Å². The van der Waals surface area contributed by atoms with Gasteiger partial charge >= 0.3 is 0 Å². The minimum absolute atomic E-state index is 0.250. The summed E-state index contributed by atoms with van der Waals surface area (Å²) in [6.07, 6.45) is 0. The maximum atomic E-state index is 16.1. The molecule has 0 fully saturated rings. The molecule has 1 aliphatic carbocycles. The van der Waals surface area contributed by atoms with Crippen LogP contribution in [0.15, 0.2) is 164 Å². The molecule has 0 aliphatic heterocycles. The first-order chi connectivity index (χ1) is 27.7. The molecule has 58 heavy (non-hydrogen) atoms. The van der Waals surface area contributed by atoms with Crippen molar-refractivity contribution in [3.05, 3.63) is 181 Å². The Morgan fingerprint density at radius 1 is 0.431 bits per heavy atom. The van der Waals surface area contributed by atoms with Crippen LogP contribution in [0.25, 0.3) is 32.7 Å². The molecule has 0 aromatic heterocycles. The smallest absolute Gasteiger partial charge is 0.147 e. The third-order valence-corrected chi connectivity index (χ3v) is 16.4. The van der Waals surface area contributed by atoms with Gasteiger partial charge in [-0.1, -0.05) is 167 Å². The van der Waals surface area contributed by atoms with Crippen LogP contribution in [0.4, 0.5) is 38.5 Å². The second kappa shape index (κ2) is 14.0. The first-order valence-corrected chi connectivity index (χ1v) is 27.5. The molecular weight excluding hydrogens is 740 g/mol. The Morgan fingerprint density at radius 2 is 0.948 bits per heavy atom. The van der Waals surface area contributed by atoms with Gasteiger partial charge in [0.05, 0.1) is 33.2 Å². The Balaban J connectivity index is 1.25. The summed E-state index contributed by atoms with van der Waals surface area (Å²) >= 11 is 0. The van der Waals surface area contributed by atoms with Crippen LogP contribution in [0.2, 0.25) is 39.3 Å². The summed E-state index contributed by atoms with van der Waals surface area (Å²) in [5.74, 6) is -0.250. The highest BCUT2D eigenvalue weighted by Crippen LogP contribution is 2.56. The summed E-state index contributed by atoms with van der Waals surface area (Å²) in [5.41, 5.74) is 10.5. The quantitative estimate of drug-likeness (QED) is 0.141. The number of nitrogens with zero attached hydrogens (tertiary/aromatic N) is 2. The number of anilines is 6. The van der Waals surface area contributed by atoms with Crippen molar-refractivity contribution in [1.29, 1.82) is 0 Å². The first-order valence-electron chi connectivity index (χ1n) is 20.5. The van der Waals surface area contributed by atoms with Gasteiger partial charge in [-0.05, 0) is 93.7 Å². The molecule has 0 heterocycles. The van der Waals surface area contributed by atoms with Gasteiger partial charge in [-0.2, -0.15) is 0 Å². The molecule has 0 spiro atoms. The van der Waals surface area contributed by atoms with Crippen molar-refractivity contribution in [2.24, 2.45) is 0 Å². The number of benzene rings is 8. The summed E-state index contributed by atoms with van der Waals surface area (Å²) in [4.78, 5) is 4.56. The number of halogens is 1. The molecule has 0 radical (unpaired) electrons. The number of para-hydroxylation sites is 1. The van der Waals surface area contributed by atoms with Gasteiger partial charge in [0.25, 0.3) is 0 Å². The molecular formula is C53H51FN2Si2. The molecule has 0 saturated carbocycles.